The quantitative estimate of drug-likeness (QED) is 0.285. The van der Waals surface area contributed by atoms with Crippen LogP contribution in [0.1, 0.15) is 26.7 Å². The minimum Gasteiger partial charge on any atom is -0.480 e. The molecule has 1 aromatic carbocycles. The molecule has 0 aromatic heterocycles. The molecular formula is C18H26N4O6. The highest BCUT2D eigenvalue weighted by molar-refractivity contribution is 5.93. The predicted molar refractivity (Wildman–Crippen MR) is 101 cm³/mol. The molecule has 1 aromatic rings. The van der Waals surface area contributed by atoms with Gasteiger partial charge in [-0.15, -0.1) is 0 Å². The molecule has 0 aliphatic carbocycles. The van der Waals surface area contributed by atoms with E-state index in [-0.39, 0.29) is 12.8 Å². The van der Waals surface area contributed by atoms with Crippen molar-refractivity contribution in [2.75, 3.05) is 5.32 Å². The average molecular weight is 394 g/mol. The number of aliphatic hydroxyl groups is 1. The van der Waals surface area contributed by atoms with Gasteiger partial charge in [0.05, 0.1) is 6.10 Å². The fourth-order valence-electron chi connectivity index (χ4n) is 2.34. The average Bonchev–Trinajstić information content (AvgIpc) is 2.62. The normalized spacial score (nSPS) is 14.8. The number of nitrogens with one attached hydrogen (secondary N) is 3. The summed E-state index contributed by atoms with van der Waals surface area (Å²) in [6.07, 6.45) is -1.66. The fourth-order valence-corrected chi connectivity index (χ4v) is 2.34. The minimum atomic E-state index is -1.56. The Bertz CT molecular complexity index is 695. The number of carboxylic acids is 1. The Morgan fingerprint density at radius 3 is 2.14 bits per heavy atom. The Labute approximate surface area is 162 Å². The van der Waals surface area contributed by atoms with Gasteiger partial charge in [0, 0.05) is 12.1 Å². The van der Waals surface area contributed by atoms with E-state index in [0.29, 0.717) is 5.69 Å². The van der Waals surface area contributed by atoms with Crippen LogP contribution in [0.15, 0.2) is 30.3 Å². The molecule has 0 saturated heterocycles. The highest BCUT2D eigenvalue weighted by atomic mass is 16.4. The Morgan fingerprint density at radius 2 is 1.64 bits per heavy atom. The molecule has 0 fully saturated rings. The molecule has 0 aliphatic rings. The van der Waals surface area contributed by atoms with Gasteiger partial charge in [-0.3, -0.25) is 14.4 Å². The van der Waals surface area contributed by atoms with Gasteiger partial charge in [0.25, 0.3) is 0 Å². The molecule has 0 saturated carbocycles. The Hall–Kier alpha value is -3.14. The lowest BCUT2D eigenvalue weighted by atomic mass is 10.1. The maximum absolute atomic E-state index is 12.4. The third-order valence-corrected chi connectivity index (χ3v) is 3.91. The lowest BCUT2D eigenvalue weighted by Gasteiger charge is -2.24. The lowest BCUT2D eigenvalue weighted by Crippen LogP contribution is -2.56. The van der Waals surface area contributed by atoms with Crippen LogP contribution < -0.4 is 21.7 Å². The molecule has 3 amide bonds. The standard InChI is InChI=1S/C18H26N4O6/c1-10(20-12-6-4-3-5-7-12)16(25)21-13(8-9-14(19)24)17(26)22-15(11(2)23)18(27)28/h3-7,10-11,13,15,20,23H,8-9H2,1-2H3,(H2,19,24)(H,21,25)(H,22,26)(H,27,28)/t10-,11+,13-,15-/m0/s1. The summed E-state index contributed by atoms with van der Waals surface area (Å²) in [6.45, 7) is 2.79. The van der Waals surface area contributed by atoms with E-state index in [0.717, 1.165) is 0 Å². The summed E-state index contributed by atoms with van der Waals surface area (Å²) >= 11 is 0. The van der Waals surface area contributed by atoms with Crippen LogP contribution in [0.4, 0.5) is 5.69 Å². The van der Waals surface area contributed by atoms with Crippen LogP contribution in [0.25, 0.3) is 0 Å². The second kappa shape index (κ2) is 10.9. The number of hydrogen-bond acceptors (Lipinski definition) is 6. The van der Waals surface area contributed by atoms with E-state index in [2.05, 4.69) is 16.0 Å². The van der Waals surface area contributed by atoms with E-state index in [1.807, 2.05) is 6.07 Å². The summed E-state index contributed by atoms with van der Waals surface area (Å²) in [5.41, 5.74) is 5.80. The molecule has 10 heteroatoms. The summed E-state index contributed by atoms with van der Waals surface area (Å²) in [7, 11) is 0. The number of hydrogen-bond donors (Lipinski definition) is 6. The second-order valence-electron chi connectivity index (χ2n) is 6.36. The molecule has 10 nitrogen and oxygen atoms in total. The van der Waals surface area contributed by atoms with Gasteiger partial charge in [-0.25, -0.2) is 4.79 Å². The smallest absolute Gasteiger partial charge is 0.328 e. The predicted octanol–water partition coefficient (Wildman–Crippen LogP) is -0.812. The van der Waals surface area contributed by atoms with Gasteiger partial charge >= 0.3 is 5.97 Å². The van der Waals surface area contributed by atoms with E-state index in [1.165, 1.54) is 6.92 Å². The van der Waals surface area contributed by atoms with Crippen LogP contribution in [-0.4, -0.2) is 58.1 Å². The second-order valence-corrected chi connectivity index (χ2v) is 6.36. The van der Waals surface area contributed by atoms with Crippen LogP contribution in [-0.2, 0) is 19.2 Å². The van der Waals surface area contributed by atoms with E-state index in [9.17, 15) is 24.3 Å². The number of carboxylic acid groups (broad SMARTS) is 1. The first-order valence-electron chi connectivity index (χ1n) is 8.73. The summed E-state index contributed by atoms with van der Waals surface area (Å²) < 4.78 is 0. The number of carbonyl (C=O) groups is 4. The van der Waals surface area contributed by atoms with Crippen molar-refractivity contribution < 1.29 is 29.4 Å². The molecule has 154 valence electrons. The van der Waals surface area contributed by atoms with Gasteiger partial charge in [-0.2, -0.15) is 0 Å². The van der Waals surface area contributed by atoms with E-state index >= 15 is 0 Å². The third-order valence-electron chi connectivity index (χ3n) is 3.91. The first kappa shape index (κ1) is 22.9. The van der Waals surface area contributed by atoms with Crippen LogP contribution in [0.5, 0.6) is 0 Å². The van der Waals surface area contributed by atoms with Gasteiger partial charge in [0.2, 0.25) is 17.7 Å². The molecule has 0 unspecified atom stereocenters. The van der Waals surface area contributed by atoms with Crippen molar-refractivity contribution >= 4 is 29.4 Å². The zero-order valence-corrected chi connectivity index (χ0v) is 15.7. The van der Waals surface area contributed by atoms with Gasteiger partial charge in [-0.1, -0.05) is 18.2 Å². The Morgan fingerprint density at radius 1 is 1.04 bits per heavy atom. The number of benzene rings is 1. The number of rotatable bonds is 11. The van der Waals surface area contributed by atoms with Gasteiger partial charge in [-0.05, 0) is 32.4 Å². The maximum atomic E-state index is 12.4. The van der Waals surface area contributed by atoms with Crippen molar-refractivity contribution in [3.8, 4) is 0 Å². The molecule has 0 heterocycles. The summed E-state index contributed by atoms with van der Waals surface area (Å²) in [5, 5.41) is 26.2. The molecule has 0 spiro atoms. The largest absolute Gasteiger partial charge is 0.480 e. The minimum absolute atomic E-state index is 0.114. The van der Waals surface area contributed by atoms with Gasteiger partial charge in [0.1, 0.15) is 12.1 Å². The van der Waals surface area contributed by atoms with E-state index < -0.39 is 47.9 Å². The van der Waals surface area contributed by atoms with Crippen molar-refractivity contribution in [2.45, 2.75) is 50.9 Å². The van der Waals surface area contributed by atoms with Crippen LogP contribution in [0.3, 0.4) is 0 Å². The zero-order chi connectivity index (χ0) is 21.3. The Kier molecular flexibility index (Phi) is 8.89. The van der Waals surface area contributed by atoms with Crippen molar-refractivity contribution in [3.63, 3.8) is 0 Å². The molecule has 1 rings (SSSR count). The maximum Gasteiger partial charge on any atom is 0.328 e. The van der Waals surface area contributed by atoms with Crippen LogP contribution >= 0.6 is 0 Å². The fraction of sp³-hybridized carbons (Fsp3) is 0.444. The molecule has 4 atom stereocenters. The van der Waals surface area contributed by atoms with E-state index in [1.54, 1.807) is 31.2 Å². The molecular weight excluding hydrogens is 368 g/mol. The molecule has 28 heavy (non-hydrogen) atoms. The number of para-hydroxylation sites is 1. The summed E-state index contributed by atoms with van der Waals surface area (Å²) in [5.74, 6) is -3.47. The third kappa shape index (κ3) is 7.62. The molecule has 0 bridgehead atoms. The number of nitrogens with two attached hydrogens (primary N) is 1. The van der Waals surface area contributed by atoms with Crippen molar-refractivity contribution in [1.82, 2.24) is 10.6 Å². The SMILES string of the molecule is C[C@H](Nc1ccccc1)C(=O)N[C@@H](CCC(N)=O)C(=O)N[C@H](C(=O)O)[C@@H](C)O. The van der Waals surface area contributed by atoms with Crippen LogP contribution in [0, 0.1) is 0 Å². The molecule has 0 aliphatic heterocycles. The lowest BCUT2D eigenvalue weighted by molar-refractivity contribution is -0.145. The van der Waals surface area contributed by atoms with Gasteiger partial charge < -0.3 is 31.9 Å². The number of aliphatic carboxylic acids is 1. The van der Waals surface area contributed by atoms with Crippen LogP contribution in [0.2, 0.25) is 0 Å². The number of amides is 3. The monoisotopic (exact) mass is 394 g/mol. The van der Waals surface area contributed by atoms with Crippen molar-refractivity contribution in [3.05, 3.63) is 30.3 Å². The number of anilines is 1. The summed E-state index contributed by atoms with van der Waals surface area (Å²) in [6, 6.07) is 5.47. The first-order chi connectivity index (χ1) is 13.1. The molecule has 0 radical (unpaired) electrons. The van der Waals surface area contributed by atoms with Crippen molar-refractivity contribution in [2.24, 2.45) is 5.73 Å². The Balaban J connectivity index is 2.81. The zero-order valence-electron chi connectivity index (χ0n) is 15.7. The highest BCUT2D eigenvalue weighted by Crippen LogP contribution is 2.08. The summed E-state index contributed by atoms with van der Waals surface area (Å²) in [4.78, 5) is 47.1. The number of primary amides is 1. The first-order valence-corrected chi connectivity index (χ1v) is 8.73. The number of aliphatic hydroxyl groups excluding tert-OH is 1. The number of carbonyl (C=O) groups excluding carboxylic acids is 3. The van der Waals surface area contributed by atoms with Crippen molar-refractivity contribution in [1.29, 1.82) is 0 Å². The highest BCUT2D eigenvalue weighted by Gasteiger charge is 2.30. The molecule has 7 N–H and O–H groups in total. The topological polar surface area (TPSA) is 171 Å². The van der Waals surface area contributed by atoms with Gasteiger partial charge in [0.15, 0.2) is 6.04 Å². The van der Waals surface area contributed by atoms with E-state index in [4.69, 9.17) is 10.8 Å².